The standard InChI is InChI=1S/C10H13N3S/c1-8(14-2)7-12-10-5-3-4-9(6-11)13-10/h3-5,8H,7H2,1-2H3,(H,12,13). The Bertz CT molecular complexity index is 332. The third kappa shape index (κ3) is 3.27. The minimum Gasteiger partial charge on any atom is -0.369 e. The normalized spacial score (nSPS) is 11.8. The second-order valence-corrected chi connectivity index (χ2v) is 4.22. The summed E-state index contributed by atoms with van der Waals surface area (Å²) >= 11 is 1.80. The highest BCUT2D eigenvalue weighted by Crippen LogP contribution is 2.08. The van der Waals surface area contributed by atoms with Crippen molar-refractivity contribution in [3.63, 3.8) is 0 Å². The highest BCUT2D eigenvalue weighted by Gasteiger charge is 2.00. The molecule has 1 heterocycles. The molecule has 0 bridgehead atoms. The fourth-order valence-electron chi connectivity index (χ4n) is 0.927. The summed E-state index contributed by atoms with van der Waals surface area (Å²) in [7, 11) is 0. The molecule has 0 aromatic carbocycles. The second-order valence-electron chi connectivity index (χ2n) is 2.95. The Morgan fingerprint density at radius 2 is 2.43 bits per heavy atom. The molecule has 1 N–H and O–H groups in total. The lowest BCUT2D eigenvalue weighted by atomic mass is 10.3. The van der Waals surface area contributed by atoms with Gasteiger partial charge in [-0.25, -0.2) is 4.98 Å². The number of thioether (sulfide) groups is 1. The number of rotatable bonds is 4. The van der Waals surface area contributed by atoms with Crippen molar-refractivity contribution in [3.8, 4) is 6.07 Å². The molecule has 0 aliphatic heterocycles. The number of aromatic nitrogens is 1. The molecule has 1 atom stereocenters. The molecule has 1 aromatic heterocycles. The highest BCUT2D eigenvalue weighted by molar-refractivity contribution is 7.99. The summed E-state index contributed by atoms with van der Waals surface area (Å²) in [5.41, 5.74) is 0.451. The number of nitrogens with zero attached hydrogens (tertiary/aromatic N) is 2. The Kier molecular flexibility index (Phi) is 4.27. The van der Waals surface area contributed by atoms with Gasteiger partial charge in [0, 0.05) is 11.8 Å². The number of hydrogen-bond acceptors (Lipinski definition) is 4. The van der Waals surface area contributed by atoms with Gasteiger partial charge in [0.1, 0.15) is 17.6 Å². The van der Waals surface area contributed by atoms with Crippen molar-refractivity contribution in [2.24, 2.45) is 0 Å². The maximum Gasteiger partial charge on any atom is 0.142 e. The maximum absolute atomic E-state index is 8.64. The van der Waals surface area contributed by atoms with Crippen molar-refractivity contribution in [2.75, 3.05) is 18.1 Å². The summed E-state index contributed by atoms with van der Waals surface area (Å²) < 4.78 is 0. The van der Waals surface area contributed by atoms with E-state index in [1.165, 1.54) is 0 Å². The van der Waals surface area contributed by atoms with E-state index < -0.39 is 0 Å². The number of pyridine rings is 1. The van der Waals surface area contributed by atoms with Crippen molar-refractivity contribution >= 4 is 17.6 Å². The molecular weight excluding hydrogens is 194 g/mol. The molecule has 3 nitrogen and oxygen atoms in total. The van der Waals surface area contributed by atoms with Gasteiger partial charge in [0.2, 0.25) is 0 Å². The molecule has 0 fully saturated rings. The summed E-state index contributed by atoms with van der Waals surface area (Å²) in [4.78, 5) is 4.12. The Morgan fingerprint density at radius 3 is 3.07 bits per heavy atom. The quantitative estimate of drug-likeness (QED) is 0.821. The van der Waals surface area contributed by atoms with Crippen LogP contribution in [0.4, 0.5) is 5.82 Å². The zero-order chi connectivity index (χ0) is 10.4. The zero-order valence-electron chi connectivity index (χ0n) is 8.32. The van der Waals surface area contributed by atoms with Crippen molar-refractivity contribution in [2.45, 2.75) is 12.2 Å². The van der Waals surface area contributed by atoms with Crippen molar-refractivity contribution in [1.82, 2.24) is 4.98 Å². The summed E-state index contributed by atoms with van der Waals surface area (Å²) in [5.74, 6) is 0.768. The van der Waals surface area contributed by atoms with Gasteiger partial charge >= 0.3 is 0 Å². The first kappa shape index (κ1) is 10.9. The molecule has 74 valence electrons. The molecule has 0 saturated heterocycles. The van der Waals surface area contributed by atoms with Crippen LogP contribution >= 0.6 is 11.8 Å². The SMILES string of the molecule is CSC(C)CNc1cccc(C#N)n1. The van der Waals surface area contributed by atoms with Crippen LogP contribution in [0.25, 0.3) is 0 Å². The molecule has 4 heteroatoms. The maximum atomic E-state index is 8.64. The Morgan fingerprint density at radius 1 is 1.64 bits per heavy atom. The second kappa shape index (κ2) is 5.51. The fourth-order valence-corrected chi connectivity index (χ4v) is 1.18. The fraction of sp³-hybridized carbons (Fsp3) is 0.400. The van der Waals surface area contributed by atoms with Crippen LogP contribution in [-0.2, 0) is 0 Å². The van der Waals surface area contributed by atoms with E-state index in [1.54, 1.807) is 17.8 Å². The first-order valence-corrected chi connectivity index (χ1v) is 5.69. The van der Waals surface area contributed by atoms with Crippen LogP contribution in [0.15, 0.2) is 18.2 Å². The molecule has 1 rings (SSSR count). The van der Waals surface area contributed by atoms with E-state index in [4.69, 9.17) is 5.26 Å². The number of anilines is 1. The van der Waals surface area contributed by atoms with E-state index in [2.05, 4.69) is 23.5 Å². The third-order valence-corrected chi connectivity index (χ3v) is 2.81. The number of nitrogens with one attached hydrogen (secondary N) is 1. The summed E-state index contributed by atoms with van der Waals surface area (Å²) in [6.07, 6.45) is 2.07. The van der Waals surface area contributed by atoms with E-state index >= 15 is 0 Å². The van der Waals surface area contributed by atoms with Crippen LogP contribution < -0.4 is 5.32 Å². The van der Waals surface area contributed by atoms with Crippen molar-refractivity contribution in [3.05, 3.63) is 23.9 Å². The molecule has 0 saturated carbocycles. The third-order valence-electron chi connectivity index (χ3n) is 1.84. The van der Waals surface area contributed by atoms with Crippen LogP contribution in [-0.4, -0.2) is 23.0 Å². The van der Waals surface area contributed by atoms with E-state index in [-0.39, 0.29) is 0 Å². The summed E-state index contributed by atoms with van der Waals surface area (Å²) in [5, 5.41) is 12.4. The van der Waals surface area contributed by atoms with Gasteiger partial charge < -0.3 is 5.32 Å². The van der Waals surface area contributed by atoms with Gasteiger partial charge in [-0.05, 0) is 18.4 Å². The zero-order valence-corrected chi connectivity index (χ0v) is 9.14. The van der Waals surface area contributed by atoms with Gasteiger partial charge in [-0.2, -0.15) is 17.0 Å². The number of hydrogen-bond donors (Lipinski definition) is 1. The van der Waals surface area contributed by atoms with Gasteiger partial charge in [-0.1, -0.05) is 13.0 Å². The lowest BCUT2D eigenvalue weighted by Crippen LogP contribution is -2.13. The van der Waals surface area contributed by atoms with Crippen molar-refractivity contribution < 1.29 is 0 Å². The van der Waals surface area contributed by atoms with Crippen LogP contribution in [0.5, 0.6) is 0 Å². The monoisotopic (exact) mass is 207 g/mol. The Balaban J connectivity index is 2.55. The van der Waals surface area contributed by atoms with Gasteiger partial charge in [0.15, 0.2) is 0 Å². The van der Waals surface area contributed by atoms with Gasteiger partial charge in [0.05, 0.1) is 0 Å². The molecule has 0 radical (unpaired) electrons. The van der Waals surface area contributed by atoms with E-state index in [1.807, 2.05) is 18.2 Å². The molecular formula is C10H13N3S. The smallest absolute Gasteiger partial charge is 0.142 e. The van der Waals surface area contributed by atoms with Crippen LogP contribution in [0.1, 0.15) is 12.6 Å². The Hall–Kier alpha value is -1.21. The average molecular weight is 207 g/mol. The van der Waals surface area contributed by atoms with Crippen LogP contribution in [0.3, 0.4) is 0 Å². The average Bonchev–Trinajstić information content (AvgIpc) is 2.26. The van der Waals surface area contributed by atoms with Crippen LogP contribution in [0.2, 0.25) is 0 Å². The summed E-state index contributed by atoms with van der Waals surface area (Å²) in [6, 6.07) is 7.41. The topological polar surface area (TPSA) is 48.7 Å². The van der Waals surface area contributed by atoms with Gasteiger partial charge in [-0.3, -0.25) is 0 Å². The predicted molar refractivity (Wildman–Crippen MR) is 60.4 cm³/mol. The molecule has 1 unspecified atom stereocenters. The van der Waals surface area contributed by atoms with E-state index in [9.17, 15) is 0 Å². The van der Waals surface area contributed by atoms with Crippen molar-refractivity contribution in [1.29, 1.82) is 5.26 Å². The minimum absolute atomic E-state index is 0.451. The summed E-state index contributed by atoms with van der Waals surface area (Å²) in [6.45, 7) is 3.01. The molecule has 0 aliphatic carbocycles. The van der Waals surface area contributed by atoms with E-state index in [0.717, 1.165) is 12.4 Å². The first-order chi connectivity index (χ1) is 6.76. The Labute approximate surface area is 88.5 Å². The molecule has 0 spiro atoms. The molecule has 14 heavy (non-hydrogen) atoms. The minimum atomic E-state index is 0.451. The largest absolute Gasteiger partial charge is 0.369 e. The molecule has 1 aromatic rings. The first-order valence-electron chi connectivity index (χ1n) is 4.40. The van der Waals surface area contributed by atoms with Gasteiger partial charge in [0.25, 0.3) is 0 Å². The number of nitriles is 1. The molecule has 0 aliphatic rings. The predicted octanol–water partition coefficient (Wildman–Crippen LogP) is 2.12. The van der Waals surface area contributed by atoms with Crippen LogP contribution in [0, 0.1) is 11.3 Å². The van der Waals surface area contributed by atoms with Gasteiger partial charge in [-0.15, -0.1) is 0 Å². The lowest BCUT2D eigenvalue weighted by Gasteiger charge is -2.09. The highest BCUT2D eigenvalue weighted by atomic mass is 32.2. The lowest BCUT2D eigenvalue weighted by molar-refractivity contribution is 0.990. The molecule has 0 amide bonds. The van der Waals surface area contributed by atoms with E-state index in [0.29, 0.717) is 10.9 Å².